The molecule has 2 aliphatic heterocycles. The summed E-state index contributed by atoms with van der Waals surface area (Å²) < 4.78 is 54.5. The van der Waals surface area contributed by atoms with E-state index in [1.807, 2.05) is 35.2 Å². The Balaban J connectivity index is 1.47. The molecule has 0 aliphatic carbocycles. The molecular formula is C24H22F3N3O4. The number of ether oxygens (including phenoxy) is 2. The zero-order valence-electron chi connectivity index (χ0n) is 18.1. The van der Waals surface area contributed by atoms with Crippen LogP contribution in [0.3, 0.4) is 0 Å². The highest BCUT2D eigenvalue weighted by Gasteiger charge is 2.39. The van der Waals surface area contributed by atoms with Crippen molar-refractivity contribution in [2.24, 2.45) is 5.92 Å². The van der Waals surface area contributed by atoms with Crippen LogP contribution in [0, 0.1) is 5.92 Å². The molecule has 10 heteroatoms. The quantitative estimate of drug-likeness (QED) is 0.552. The van der Waals surface area contributed by atoms with E-state index in [1.54, 1.807) is 18.2 Å². The van der Waals surface area contributed by atoms with Crippen LogP contribution in [0.2, 0.25) is 0 Å². The van der Waals surface area contributed by atoms with Gasteiger partial charge in [-0.15, -0.1) is 0 Å². The molecule has 0 radical (unpaired) electrons. The number of amides is 1. The first-order chi connectivity index (χ1) is 16.4. The summed E-state index contributed by atoms with van der Waals surface area (Å²) in [6.45, 7) is 1.54. The van der Waals surface area contributed by atoms with Crippen LogP contribution < -0.4 is 4.74 Å². The molecule has 3 aromatic rings. The molecule has 1 aromatic heterocycles. The van der Waals surface area contributed by atoms with Gasteiger partial charge in [-0.05, 0) is 24.5 Å². The molecule has 178 valence electrons. The first kappa shape index (κ1) is 22.4. The molecule has 0 saturated carbocycles. The third kappa shape index (κ3) is 4.50. The number of alkyl halides is 3. The van der Waals surface area contributed by atoms with Crippen molar-refractivity contribution in [1.29, 1.82) is 0 Å². The van der Waals surface area contributed by atoms with E-state index < -0.39 is 12.1 Å². The highest BCUT2D eigenvalue weighted by atomic mass is 19.4. The van der Waals surface area contributed by atoms with Crippen molar-refractivity contribution in [2.75, 3.05) is 19.8 Å². The van der Waals surface area contributed by atoms with E-state index in [1.165, 1.54) is 0 Å². The Bertz CT molecular complexity index is 1160. The van der Waals surface area contributed by atoms with Gasteiger partial charge in [-0.1, -0.05) is 47.6 Å². The SMILES string of the molecule is O=C(C1CCCOC1)N1Cc2ccc(-c3noc(C(F)(F)F)n3)cc2OCC1c1ccccc1. The van der Waals surface area contributed by atoms with Gasteiger partial charge in [0.1, 0.15) is 12.4 Å². The number of fused-ring (bicyclic) bond motifs is 1. The van der Waals surface area contributed by atoms with E-state index in [0.29, 0.717) is 31.1 Å². The Morgan fingerprint density at radius 2 is 1.91 bits per heavy atom. The summed E-state index contributed by atoms with van der Waals surface area (Å²) in [7, 11) is 0. The van der Waals surface area contributed by atoms with Crippen LogP contribution in [0.5, 0.6) is 5.75 Å². The number of hydrogen-bond donors (Lipinski definition) is 0. The molecule has 34 heavy (non-hydrogen) atoms. The summed E-state index contributed by atoms with van der Waals surface area (Å²) in [5.74, 6) is -1.35. The van der Waals surface area contributed by atoms with Crippen LogP contribution in [0.15, 0.2) is 53.1 Å². The third-order valence-corrected chi connectivity index (χ3v) is 6.08. The van der Waals surface area contributed by atoms with Gasteiger partial charge in [0.2, 0.25) is 11.7 Å². The lowest BCUT2D eigenvalue weighted by Crippen LogP contribution is -2.42. The summed E-state index contributed by atoms with van der Waals surface area (Å²) in [5, 5.41) is 3.45. The molecule has 2 aliphatic rings. The summed E-state index contributed by atoms with van der Waals surface area (Å²) in [5.41, 5.74) is 2.01. The third-order valence-electron chi connectivity index (χ3n) is 6.08. The molecular weight excluding hydrogens is 451 g/mol. The first-order valence-electron chi connectivity index (χ1n) is 11.0. The molecule has 1 amide bonds. The van der Waals surface area contributed by atoms with Gasteiger partial charge in [0.15, 0.2) is 0 Å². The maximum absolute atomic E-state index is 13.5. The van der Waals surface area contributed by atoms with Crippen molar-refractivity contribution in [3.05, 3.63) is 65.5 Å². The average molecular weight is 473 g/mol. The highest BCUT2D eigenvalue weighted by Crippen LogP contribution is 2.36. The molecule has 2 atom stereocenters. The highest BCUT2D eigenvalue weighted by molar-refractivity contribution is 5.80. The second-order valence-electron chi connectivity index (χ2n) is 8.36. The van der Waals surface area contributed by atoms with E-state index in [0.717, 1.165) is 24.0 Å². The van der Waals surface area contributed by atoms with Crippen molar-refractivity contribution >= 4 is 5.91 Å². The molecule has 2 aromatic carbocycles. The van der Waals surface area contributed by atoms with Crippen LogP contribution in [0.4, 0.5) is 13.2 Å². The van der Waals surface area contributed by atoms with E-state index >= 15 is 0 Å². The lowest BCUT2D eigenvalue weighted by atomic mass is 9.97. The second-order valence-corrected chi connectivity index (χ2v) is 8.36. The standard InChI is InChI=1S/C24H22F3N3O4/c25-24(26,27)23-28-21(29-34-23)16-8-9-17-12-30(22(31)18-7-4-10-32-13-18)19(14-33-20(17)11-16)15-5-2-1-3-6-15/h1-3,5-6,8-9,11,18-19H,4,7,10,12-14H2. The minimum atomic E-state index is -4.72. The Labute approximate surface area is 193 Å². The number of rotatable bonds is 3. The van der Waals surface area contributed by atoms with Crippen LogP contribution in [0.25, 0.3) is 11.4 Å². The molecule has 2 unspecified atom stereocenters. The normalized spacial score (nSPS) is 20.9. The molecule has 1 fully saturated rings. The Morgan fingerprint density at radius 1 is 1.09 bits per heavy atom. The fraction of sp³-hybridized carbons (Fsp3) is 0.375. The molecule has 3 heterocycles. The topological polar surface area (TPSA) is 77.7 Å². The van der Waals surface area contributed by atoms with Crippen molar-refractivity contribution in [3.63, 3.8) is 0 Å². The van der Waals surface area contributed by atoms with Gasteiger partial charge >= 0.3 is 12.1 Å². The summed E-state index contributed by atoms with van der Waals surface area (Å²) in [4.78, 5) is 18.8. The van der Waals surface area contributed by atoms with E-state index in [2.05, 4.69) is 14.7 Å². The smallest absolute Gasteiger partial charge is 0.471 e. The van der Waals surface area contributed by atoms with Gasteiger partial charge in [-0.25, -0.2) is 0 Å². The Hall–Kier alpha value is -3.40. The molecule has 5 rings (SSSR count). The van der Waals surface area contributed by atoms with Gasteiger partial charge in [0.05, 0.1) is 25.1 Å². The first-order valence-corrected chi connectivity index (χ1v) is 11.0. The predicted octanol–water partition coefficient (Wildman–Crippen LogP) is 4.64. The Morgan fingerprint density at radius 3 is 2.62 bits per heavy atom. The monoisotopic (exact) mass is 473 g/mol. The van der Waals surface area contributed by atoms with Gasteiger partial charge in [0.25, 0.3) is 0 Å². The van der Waals surface area contributed by atoms with Crippen LogP contribution >= 0.6 is 0 Å². The number of carbonyl (C=O) groups is 1. The molecule has 7 nitrogen and oxygen atoms in total. The van der Waals surface area contributed by atoms with Crippen LogP contribution in [0.1, 0.15) is 35.9 Å². The maximum Gasteiger partial charge on any atom is 0.471 e. The summed E-state index contributed by atoms with van der Waals surface area (Å²) >= 11 is 0. The van der Waals surface area contributed by atoms with Crippen LogP contribution in [-0.4, -0.2) is 40.8 Å². The number of nitrogens with zero attached hydrogens (tertiary/aromatic N) is 3. The number of halogens is 3. The van der Waals surface area contributed by atoms with Gasteiger partial charge in [-0.3, -0.25) is 4.79 Å². The minimum absolute atomic E-state index is 0.00191. The lowest BCUT2D eigenvalue weighted by molar-refractivity contribution is -0.159. The van der Waals surface area contributed by atoms with Gasteiger partial charge in [-0.2, -0.15) is 18.2 Å². The van der Waals surface area contributed by atoms with Crippen molar-refractivity contribution in [1.82, 2.24) is 15.0 Å². The van der Waals surface area contributed by atoms with Crippen molar-refractivity contribution < 1.29 is 32.0 Å². The predicted molar refractivity (Wildman–Crippen MR) is 114 cm³/mol. The molecule has 0 spiro atoms. The number of hydrogen-bond acceptors (Lipinski definition) is 6. The zero-order valence-corrected chi connectivity index (χ0v) is 18.1. The van der Waals surface area contributed by atoms with Gasteiger partial charge < -0.3 is 18.9 Å². The summed E-state index contributed by atoms with van der Waals surface area (Å²) in [6, 6.07) is 14.2. The van der Waals surface area contributed by atoms with Crippen molar-refractivity contribution in [2.45, 2.75) is 31.6 Å². The van der Waals surface area contributed by atoms with Crippen molar-refractivity contribution in [3.8, 4) is 17.1 Å². The largest absolute Gasteiger partial charge is 0.491 e. The van der Waals surface area contributed by atoms with Gasteiger partial charge in [0, 0.05) is 17.7 Å². The van der Waals surface area contributed by atoms with E-state index in [-0.39, 0.29) is 30.3 Å². The average Bonchev–Trinajstić information content (AvgIpc) is 3.28. The fourth-order valence-corrected chi connectivity index (χ4v) is 4.32. The lowest BCUT2D eigenvalue weighted by Gasteiger charge is -2.34. The number of carbonyl (C=O) groups excluding carboxylic acids is 1. The second kappa shape index (κ2) is 9.09. The number of benzene rings is 2. The Kier molecular flexibility index (Phi) is 5.99. The molecule has 0 bridgehead atoms. The van der Waals surface area contributed by atoms with E-state index in [9.17, 15) is 18.0 Å². The molecule has 1 saturated heterocycles. The maximum atomic E-state index is 13.5. The molecule has 0 N–H and O–H groups in total. The zero-order chi connectivity index (χ0) is 23.7. The van der Waals surface area contributed by atoms with E-state index in [4.69, 9.17) is 9.47 Å². The number of aromatic nitrogens is 2. The minimum Gasteiger partial charge on any atom is -0.491 e. The summed E-state index contributed by atoms with van der Waals surface area (Å²) in [6.07, 6.45) is -3.12. The van der Waals surface area contributed by atoms with Crippen LogP contribution in [-0.2, 0) is 22.3 Å². The fourth-order valence-electron chi connectivity index (χ4n) is 4.32.